The monoisotopic (exact) mass is 320 g/mol. The topological polar surface area (TPSA) is 92.1 Å². The number of nitro groups is 1. The van der Waals surface area contributed by atoms with E-state index in [9.17, 15) is 14.9 Å². The summed E-state index contributed by atoms with van der Waals surface area (Å²) in [6.45, 7) is 1.68. The number of carbonyl (C=O) groups is 1. The van der Waals surface area contributed by atoms with Crippen molar-refractivity contribution in [2.75, 3.05) is 18.8 Å². The number of aromatic amines is 1. The molecule has 22 heavy (non-hydrogen) atoms. The van der Waals surface area contributed by atoms with Crippen LogP contribution in [0.25, 0.3) is 11.0 Å². The predicted octanol–water partition coefficient (Wildman–Crippen LogP) is 2.58. The van der Waals surface area contributed by atoms with E-state index in [1.807, 2.05) is 4.90 Å². The zero-order valence-corrected chi connectivity index (χ0v) is 12.8. The number of hydrogen-bond donors (Lipinski definition) is 1. The van der Waals surface area contributed by atoms with Crippen LogP contribution in [0.5, 0.6) is 0 Å². The number of piperidine rings is 1. The van der Waals surface area contributed by atoms with Gasteiger partial charge in [0.15, 0.2) is 5.16 Å². The molecule has 0 bridgehead atoms. The lowest BCUT2D eigenvalue weighted by Crippen LogP contribution is -2.36. The molecule has 116 valence electrons. The Morgan fingerprint density at radius 1 is 1.36 bits per heavy atom. The van der Waals surface area contributed by atoms with Crippen molar-refractivity contribution in [3.05, 3.63) is 28.3 Å². The number of nitrogens with zero attached hydrogens (tertiary/aromatic N) is 3. The van der Waals surface area contributed by atoms with Crippen LogP contribution in [-0.4, -0.2) is 44.5 Å². The Morgan fingerprint density at radius 3 is 2.86 bits per heavy atom. The highest BCUT2D eigenvalue weighted by Crippen LogP contribution is 2.23. The summed E-state index contributed by atoms with van der Waals surface area (Å²) in [6.07, 6.45) is 3.34. The van der Waals surface area contributed by atoms with Gasteiger partial charge in [-0.05, 0) is 25.3 Å². The van der Waals surface area contributed by atoms with E-state index in [1.54, 1.807) is 6.07 Å². The lowest BCUT2D eigenvalue weighted by Gasteiger charge is -2.26. The number of imidazole rings is 1. The summed E-state index contributed by atoms with van der Waals surface area (Å²) in [5, 5.41) is 11.4. The van der Waals surface area contributed by atoms with Crippen molar-refractivity contribution in [1.82, 2.24) is 14.9 Å². The van der Waals surface area contributed by atoms with E-state index >= 15 is 0 Å². The molecule has 1 aliphatic heterocycles. The van der Waals surface area contributed by atoms with Gasteiger partial charge >= 0.3 is 0 Å². The fourth-order valence-corrected chi connectivity index (χ4v) is 3.31. The number of benzene rings is 1. The molecule has 0 unspecified atom stereocenters. The largest absolute Gasteiger partial charge is 0.342 e. The van der Waals surface area contributed by atoms with E-state index in [4.69, 9.17) is 0 Å². The third kappa shape index (κ3) is 3.22. The zero-order valence-electron chi connectivity index (χ0n) is 11.9. The minimum absolute atomic E-state index is 0.0251. The van der Waals surface area contributed by atoms with Crippen molar-refractivity contribution < 1.29 is 9.72 Å². The van der Waals surface area contributed by atoms with Gasteiger partial charge in [0.25, 0.3) is 5.69 Å². The Kier molecular flexibility index (Phi) is 4.28. The first-order chi connectivity index (χ1) is 10.6. The average Bonchev–Trinajstić information content (AvgIpc) is 2.95. The van der Waals surface area contributed by atoms with Crippen LogP contribution in [0.3, 0.4) is 0 Å². The molecule has 0 atom stereocenters. The van der Waals surface area contributed by atoms with Crippen LogP contribution in [-0.2, 0) is 4.79 Å². The van der Waals surface area contributed by atoms with Gasteiger partial charge in [-0.25, -0.2) is 4.98 Å². The van der Waals surface area contributed by atoms with E-state index in [0.717, 1.165) is 25.9 Å². The smallest absolute Gasteiger partial charge is 0.271 e. The lowest BCUT2D eigenvalue weighted by atomic mass is 10.1. The Bertz CT molecular complexity index is 709. The molecule has 1 amide bonds. The van der Waals surface area contributed by atoms with Gasteiger partial charge in [0.1, 0.15) is 0 Å². The highest BCUT2D eigenvalue weighted by Gasteiger charge is 2.17. The summed E-state index contributed by atoms with van der Waals surface area (Å²) in [5.74, 6) is 0.457. The summed E-state index contributed by atoms with van der Waals surface area (Å²) in [4.78, 5) is 31.7. The van der Waals surface area contributed by atoms with Crippen LogP contribution < -0.4 is 0 Å². The highest BCUT2D eigenvalue weighted by atomic mass is 32.2. The minimum atomic E-state index is -0.438. The average molecular weight is 320 g/mol. The molecular weight excluding hydrogens is 304 g/mol. The Labute approximate surface area is 131 Å². The van der Waals surface area contributed by atoms with Gasteiger partial charge in [-0.15, -0.1) is 0 Å². The summed E-state index contributed by atoms with van der Waals surface area (Å²) >= 11 is 1.33. The van der Waals surface area contributed by atoms with E-state index in [1.165, 1.54) is 30.3 Å². The quantitative estimate of drug-likeness (QED) is 0.531. The maximum atomic E-state index is 12.1. The number of thioether (sulfide) groups is 1. The fraction of sp³-hybridized carbons (Fsp3) is 0.429. The molecule has 1 aliphatic rings. The summed E-state index contributed by atoms with van der Waals surface area (Å²) in [6, 6.07) is 4.50. The molecule has 1 aromatic heterocycles. The number of rotatable bonds is 4. The van der Waals surface area contributed by atoms with E-state index < -0.39 is 4.92 Å². The number of non-ortho nitro benzene ring substituents is 1. The summed E-state index contributed by atoms with van der Waals surface area (Å²) in [5.41, 5.74) is 1.30. The Morgan fingerprint density at radius 2 is 2.14 bits per heavy atom. The molecule has 8 heteroatoms. The lowest BCUT2D eigenvalue weighted by molar-refractivity contribution is -0.384. The van der Waals surface area contributed by atoms with Crippen LogP contribution in [0, 0.1) is 10.1 Å². The standard InChI is InChI=1S/C14H16N4O3S/c19-13(17-6-2-1-3-7-17)9-22-14-15-11-5-4-10(18(20)21)8-12(11)16-14/h4-5,8H,1-3,6-7,9H2,(H,15,16). The van der Waals surface area contributed by atoms with Crippen molar-refractivity contribution in [2.45, 2.75) is 24.4 Å². The van der Waals surface area contributed by atoms with Gasteiger partial charge < -0.3 is 9.88 Å². The normalized spacial score (nSPS) is 15.2. The highest BCUT2D eigenvalue weighted by molar-refractivity contribution is 7.99. The third-order valence-electron chi connectivity index (χ3n) is 3.70. The number of nitro benzene ring substituents is 1. The number of carbonyl (C=O) groups excluding carboxylic acids is 1. The zero-order chi connectivity index (χ0) is 15.5. The molecule has 2 heterocycles. The minimum Gasteiger partial charge on any atom is -0.342 e. The Hall–Kier alpha value is -2.09. The van der Waals surface area contributed by atoms with Crippen LogP contribution in [0.4, 0.5) is 5.69 Å². The molecule has 1 saturated heterocycles. The predicted molar refractivity (Wildman–Crippen MR) is 83.9 cm³/mol. The van der Waals surface area contributed by atoms with Crippen LogP contribution >= 0.6 is 11.8 Å². The molecule has 0 spiro atoms. The van der Waals surface area contributed by atoms with Crippen LogP contribution in [0.2, 0.25) is 0 Å². The van der Waals surface area contributed by atoms with Crippen molar-refractivity contribution in [2.24, 2.45) is 0 Å². The van der Waals surface area contributed by atoms with Crippen molar-refractivity contribution in [3.63, 3.8) is 0 Å². The van der Waals surface area contributed by atoms with Gasteiger partial charge in [-0.2, -0.15) is 0 Å². The number of nitrogens with one attached hydrogen (secondary N) is 1. The van der Waals surface area contributed by atoms with Crippen LogP contribution in [0.15, 0.2) is 23.4 Å². The first-order valence-electron chi connectivity index (χ1n) is 7.18. The fourth-order valence-electron chi connectivity index (χ4n) is 2.52. The SMILES string of the molecule is O=C(CSc1nc2ccc([N+](=O)[O-])cc2[nH]1)N1CCCCC1. The summed E-state index contributed by atoms with van der Waals surface area (Å²) in [7, 11) is 0. The molecule has 1 fully saturated rings. The molecule has 1 aromatic carbocycles. The number of likely N-dealkylation sites (tertiary alicyclic amines) is 1. The Balaban J connectivity index is 1.66. The molecule has 2 aromatic rings. The molecular formula is C14H16N4O3S. The maximum Gasteiger partial charge on any atom is 0.271 e. The van der Waals surface area contributed by atoms with Gasteiger partial charge in [-0.3, -0.25) is 14.9 Å². The van der Waals surface area contributed by atoms with Gasteiger partial charge in [0, 0.05) is 25.2 Å². The molecule has 0 aliphatic carbocycles. The van der Waals surface area contributed by atoms with Crippen molar-refractivity contribution >= 4 is 34.4 Å². The number of fused-ring (bicyclic) bond motifs is 1. The number of hydrogen-bond acceptors (Lipinski definition) is 5. The van der Waals surface area contributed by atoms with Crippen molar-refractivity contribution in [3.8, 4) is 0 Å². The first-order valence-corrected chi connectivity index (χ1v) is 8.17. The number of H-pyrrole nitrogens is 1. The molecule has 0 saturated carbocycles. The van der Waals surface area contributed by atoms with Crippen molar-refractivity contribution in [1.29, 1.82) is 0 Å². The van der Waals surface area contributed by atoms with Gasteiger partial charge in [0.05, 0.1) is 21.7 Å². The molecule has 1 N–H and O–H groups in total. The number of amides is 1. The maximum absolute atomic E-state index is 12.1. The van der Waals surface area contributed by atoms with Crippen LogP contribution in [0.1, 0.15) is 19.3 Å². The third-order valence-corrected chi connectivity index (χ3v) is 4.55. The number of aromatic nitrogens is 2. The summed E-state index contributed by atoms with van der Waals surface area (Å²) < 4.78 is 0. The second-order valence-electron chi connectivity index (χ2n) is 5.23. The van der Waals surface area contributed by atoms with Gasteiger partial charge in [-0.1, -0.05) is 11.8 Å². The second kappa shape index (κ2) is 6.35. The van der Waals surface area contributed by atoms with E-state index in [0.29, 0.717) is 21.9 Å². The molecule has 3 rings (SSSR count). The second-order valence-corrected chi connectivity index (χ2v) is 6.19. The van der Waals surface area contributed by atoms with E-state index in [-0.39, 0.29) is 11.6 Å². The molecule has 7 nitrogen and oxygen atoms in total. The first kappa shape index (κ1) is 14.8. The van der Waals surface area contributed by atoms with Gasteiger partial charge in [0.2, 0.25) is 5.91 Å². The molecule has 0 radical (unpaired) electrons. The van der Waals surface area contributed by atoms with E-state index in [2.05, 4.69) is 9.97 Å².